The molecule has 1 amide bonds. The third-order valence-corrected chi connectivity index (χ3v) is 6.55. The number of esters is 1. The van der Waals surface area contributed by atoms with Crippen LogP contribution in [-0.4, -0.2) is 47.9 Å². The molecule has 0 bridgehead atoms. The van der Waals surface area contributed by atoms with Gasteiger partial charge in [-0.05, 0) is 55.3 Å². The van der Waals surface area contributed by atoms with Crippen LogP contribution >= 0.6 is 0 Å². The molecule has 1 saturated heterocycles. The molecule has 2 aromatic rings. The number of carbonyl (C=O) groups is 2. The SMILES string of the molecule is COC(=O)C(C)[C@H]1[C@H](c2ccc(F)cc2)[C@@H](O[C@H](C)c2cc(C(F)(F)F)cc(C(F)(F)F)c2)CN1C(=O)O. The van der Waals surface area contributed by atoms with Gasteiger partial charge in [0.1, 0.15) is 5.82 Å². The summed E-state index contributed by atoms with van der Waals surface area (Å²) in [5.74, 6) is -3.33. The largest absolute Gasteiger partial charge is 0.469 e. The Morgan fingerprint density at radius 2 is 1.50 bits per heavy atom. The molecule has 1 fully saturated rings. The van der Waals surface area contributed by atoms with Crippen molar-refractivity contribution < 1.29 is 54.9 Å². The summed E-state index contributed by atoms with van der Waals surface area (Å²) >= 11 is 0. The lowest BCUT2D eigenvalue weighted by molar-refractivity contribution is -0.147. The Morgan fingerprint density at radius 1 is 0.974 bits per heavy atom. The van der Waals surface area contributed by atoms with Crippen LogP contribution in [0.25, 0.3) is 0 Å². The van der Waals surface area contributed by atoms with Crippen molar-refractivity contribution in [2.24, 2.45) is 5.92 Å². The van der Waals surface area contributed by atoms with Crippen molar-refractivity contribution in [1.29, 1.82) is 0 Å². The van der Waals surface area contributed by atoms with Crippen molar-refractivity contribution in [1.82, 2.24) is 4.90 Å². The van der Waals surface area contributed by atoms with E-state index in [1.807, 2.05) is 0 Å². The Hall–Kier alpha value is -3.35. The van der Waals surface area contributed by atoms with E-state index in [9.17, 15) is 45.4 Å². The fourth-order valence-electron chi connectivity index (χ4n) is 4.73. The van der Waals surface area contributed by atoms with E-state index in [0.717, 1.165) is 24.1 Å². The molecule has 1 aliphatic heterocycles. The predicted octanol–water partition coefficient (Wildman–Crippen LogP) is 6.26. The van der Waals surface area contributed by atoms with Crippen molar-refractivity contribution in [3.05, 3.63) is 70.5 Å². The van der Waals surface area contributed by atoms with Gasteiger partial charge < -0.3 is 19.5 Å². The lowest BCUT2D eigenvalue weighted by Crippen LogP contribution is -2.43. The first-order chi connectivity index (χ1) is 17.5. The summed E-state index contributed by atoms with van der Waals surface area (Å²) in [6.45, 7) is 2.29. The Bertz CT molecular complexity index is 1130. The molecule has 0 radical (unpaired) electrons. The van der Waals surface area contributed by atoms with E-state index in [0.29, 0.717) is 17.7 Å². The maximum Gasteiger partial charge on any atom is 0.416 e. The average molecular weight is 551 g/mol. The van der Waals surface area contributed by atoms with Gasteiger partial charge in [-0.1, -0.05) is 12.1 Å². The van der Waals surface area contributed by atoms with Gasteiger partial charge in [0.25, 0.3) is 0 Å². The molecule has 1 unspecified atom stereocenters. The molecule has 6 nitrogen and oxygen atoms in total. The van der Waals surface area contributed by atoms with Crippen molar-refractivity contribution in [2.75, 3.05) is 13.7 Å². The number of carbonyl (C=O) groups excluding carboxylic acids is 1. The van der Waals surface area contributed by atoms with Crippen LogP contribution in [0.3, 0.4) is 0 Å². The summed E-state index contributed by atoms with van der Waals surface area (Å²) < 4.78 is 104. The van der Waals surface area contributed by atoms with Crippen LogP contribution in [0.1, 0.15) is 48.1 Å². The Balaban J connectivity index is 2.07. The molecule has 1 N–H and O–H groups in total. The standard InChI is InChI=1S/C25H24F7NO5/c1-12(22(34)37-3)21-20(14-4-6-18(26)7-5-14)19(11-33(21)23(35)36)38-13(2)15-8-16(24(27,28)29)10-17(9-15)25(30,31)32/h4-10,12-13,19-21H,11H2,1-3H3,(H,35,36)/t12?,13-,19+,20-,21+/m1/s1. The number of likely N-dealkylation sites (tertiary alicyclic amines) is 1. The van der Waals surface area contributed by atoms with Crippen molar-refractivity contribution in [3.63, 3.8) is 0 Å². The van der Waals surface area contributed by atoms with Gasteiger partial charge in [0.15, 0.2) is 0 Å². The first-order valence-electron chi connectivity index (χ1n) is 11.3. The Kier molecular flexibility index (Phi) is 8.30. The lowest BCUT2D eigenvalue weighted by Gasteiger charge is -2.31. The zero-order valence-electron chi connectivity index (χ0n) is 20.3. The van der Waals surface area contributed by atoms with Gasteiger partial charge in [0.2, 0.25) is 0 Å². The maximum absolute atomic E-state index is 13.6. The number of carboxylic acid groups (broad SMARTS) is 1. The molecular weight excluding hydrogens is 527 g/mol. The molecule has 0 spiro atoms. The van der Waals surface area contributed by atoms with Crippen LogP contribution in [-0.2, 0) is 26.6 Å². The second-order valence-corrected chi connectivity index (χ2v) is 8.97. The van der Waals surface area contributed by atoms with Gasteiger partial charge in [0.05, 0.1) is 48.9 Å². The zero-order chi connectivity index (χ0) is 28.6. The molecule has 1 aliphatic rings. The minimum Gasteiger partial charge on any atom is -0.469 e. The van der Waals surface area contributed by atoms with Crippen LogP contribution in [0.4, 0.5) is 35.5 Å². The smallest absolute Gasteiger partial charge is 0.416 e. The lowest BCUT2D eigenvalue weighted by atomic mass is 9.83. The topological polar surface area (TPSA) is 76.1 Å². The number of methoxy groups -OCH3 is 1. The Morgan fingerprint density at radius 3 is 1.95 bits per heavy atom. The van der Waals surface area contributed by atoms with E-state index in [1.165, 1.54) is 26.0 Å². The second kappa shape index (κ2) is 10.8. The zero-order valence-corrected chi connectivity index (χ0v) is 20.3. The fraction of sp³-hybridized carbons (Fsp3) is 0.440. The Labute approximate surface area is 212 Å². The average Bonchev–Trinajstić information content (AvgIpc) is 3.21. The molecule has 3 rings (SSSR count). The molecule has 1 heterocycles. The highest BCUT2D eigenvalue weighted by atomic mass is 19.4. The minimum atomic E-state index is -5.07. The third-order valence-electron chi connectivity index (χ3n) is 6.55. The summed E-state index contributed by atoms with van der Waals surface area (Å²) in [6.07, 6.45) is -14.0. The normalized spacial score (nSPS) is 21.7. The number of hydrogen-bond donors (Lipinski definition) is 1. The molecular formula is C25H24F7NO5. The second-order valence-electron chi connectivity index (χ2n) is 8.97. The molecule has 38 heavy (non-hydrogen) atoms. The van der Waals surface area contributed by atoms with E-state index in [4.69, 9.17) is 9.47 Å². The summed E-state index contributed by atoms with van der Waals surface area (Å²) in [4.78, 5) is 25.3. The highest BCUT2D eigenvalue weighted by Crippen LogP contribution is 2.43. The van der Waals surface area contributed by atoms with Gasteiger partial charge in [-0.3, -0.25) is 4.79 Å². The van der Waals surface area contributed by atoms with E-state index in [2.05, 4.69) is 0 Å². The number of amides is 1. The van der Waals surface area contributed by atoms with E-state index < -0.39 is 77.0 Å². The highest BCUT2D eigenvalue weighted by molar-refractivity contribution is 5.75. The third kappa shape index (κ3) is 6.20. The van der Waals surface area contributed by atoms with Gasteiger partial charge >= 0.3 is 24.4 Å². The summed E-state index contributed by atoms with van der Waals surface area (Å²) in [5, 5.41) is 9.82. The molecule has 2 aromatic carbocycles. The van der Waals surface area contributed by atoms with Crippen molar-refractivity contribution in [3.8, 4) is 0 Å². The van der Waals surface area contributed by atoms with Crippen LogP contribution in [0.15, 0.2) is 42.5 Å². The van der Waals surface area contributed by atoms with Gasteiger partial charge in [-0.25, -0.2) is 9.18 Å². The van der Waals surface area contributed by atoms with Crippen molar-refractivity contribution in [2.45, 2.75) is 50.4 Å². The maximum atomic E-state index is 13.6. The summed E-state index contributed by atoms with van der Waals surface area (Å²) in [5.41, 5.74) is -3.13. The summed E-state index contributed by atoms with van der Waals surface area (Å²) in [6, 6.07) is 4.85. The van der Waals surface area contributed by atoms with Gasteiger partial charge in [0, 0.05) is 5.92 Å². The predicted molar refractivity (Wildman–Crippen MR) is 119 cm³/mol. The molecule has 0 saturated carbocycles. The minimum absolute atomic E-state index is 0.00661. The van der Waals surface area contributed by atoms with Crippen LogP contribution in [0.2, 0.25) is 0 Å². The van der Waals surface area contributed by atoms with Gasteiger partial charge in [-0.2, -0.15) is 26.3 Å². The van der Waals surface area contributed by atoms with E-state index in [-0.39, 0.29) is 12.6 Å². The number of alkyl halides is 6. The van der Waals surface area contributed by atoms with Crippen LogP contribution in [0, 0.1) is 11.7 Å². The number of benzene rings is 2. The number of hydrogen-bond acceptors (Lipinski definition) is 4. The molecule has 208 valence electrons. The highest BCUT2D eigenvalue weighted by Gasteiger charge is 2.50. The first kappa shape index (κ1) is 29.2. The van der Waals surface area contributed by atoms with Gasteiger partial charge in [-0.15, -0.1) is 0 Å². The fourth-order valence-corrected chi connectivity index (χ4v) is 4.73. The van der Waals surface area contributed by atoms with Crippen LogP contribution in [0.5, 0.6) is 0 Å². The number of nitrogens with zero attached hydrogens (tertiary/aromatic N) is 1. The van der Waals surface area contributed by atoms with E-state index >= 15 is 0 Å². The molecule has 5 atom stereocenters. The molecule has 0 aliphatic carbocycles. The monoisotopic (exact) mass is 551 g/mol. The first-order valence-corrected chi connectivity index (χ1v) is 11.3. The number of ether oxygens (including phenoxy) is 2. The van der Waals surface area contributed by atoms with E-state index in [1.54, 1.807) is 0 Å². The number of halogens is 7. The quantitative estimate of drug-likeness (QED) is 0.339. The van der Waals surface area contributed by atoms with Crippen LogP contribution < -0.4 is 0 Å². The summed E-state index contributed by atoms with van der Waals surface area (Å²) in [7, 11) is 1.10. The molecule has 13 heteroatoms. The van der Waals surface area contributed by atoms with Crippen molar-refractivity contribution >= 4 is 12.1 Å². The molecule has 0 aromatic heterocycles. The number of rotatable bonds is 6.